The minimum absolute atomic E-state index is 0.532. The number of carboxylic acids is 2. The van der Waals surface area contributed by atoms with Gasteiger partial charge in [-0.05, 0) is 18.1 Å². The first-order chi connectivity index (χ1) is 9.45. The van der Waals surface area contributed by atoms with Gasteiger partial charge in [0.25, 0.3) is 0 Å². The van der Waals surface area contributed by atoms with E-state index in [-0.39, 0.29) is 0 Å². The lowest BCUT2D eigenvalue weighted by Gasteiger charge is -1.99. The summed E-state index contributed by atoms with van der Waals surface area (Å²) < 4.78 is 0. The topological polar surface area (TPSA) is 116 Å². The lowest BCUT2D eigenvalue weighted by molar-refractivity contribution is -0.144. The van der Waals surface area contributed by atoms with Crippen LogP contribution < -0.4 is 5.73 Å². The van der Waals surface area contributed by atoms with Crippen LogP contribution >= 0.6 is 0 Å². The molecular formula is C14H18N2O4. The average Bonchev–Trinajstić information content (AvgIpc) is 2.81. The molecule has 0 aliphatic carbocycles. The van der Waals surface area contributed by atoms with Gasteiger partial charge in [0, 0.05) is 17.1 Å². The summed E-state index contributed by atoms with van der Waals surface area (Å²) in [5, 5.41) is 17.4. The Morgan fingerprint density at radius 3 is 2.45 bits per heavy atom. The van der Waals surface area contributed by atoms with E-state index in [0.29, 0.717) is 0 Å². The van der Waals surface area contributed by atoms with Crippen molar-refractivity contribution >= 4 is 22.8 Å². The number of aliphatic carboxylic acids is 2. The van der Waals surface area contributed by atoms with E-state index in [1.54, 1.807) is 0 Å². The highest BCUT2D eigenvalue weighted by molar-refractivity contribution is 5.83. The minimum atomic E-state index is -1.29. The van der Waals surface area contributed by atoms with Crippen molar-refractivity contribution < 1.29 is 19.8 Å². The van der Waals surface area contributed by atoms with Crippen molar-refractivity contribution in [2.24, 2.45) is 5.73 Å². The number of benzene rings is 1. The molecule has 0 bridgehead atoms. The number of carboxylic acid groups (broad SMARTS) is 2. The Bertz CT molecular complexity index is 592. The molecule has 6 nitrogen and oxygen atoms in total. The van der Waals surface area contributed by atoms with Crippen molar-refractivity contribution in [3.05, 3.63) is 36.0 Å². The maximum absolute atomic E-state index is 9.85. The fourth-order valence-corrected chi connectivity index (χ4v) is 1.70. The van der Waals surface area contributed by atoms with Gasteiger partial charge in [-0.15, -0.1) is 0 Å². The molecule has 0 aliphatic rings. The summed E-state index contributed by atoms with van der Waals surface area (Å²) in [5.74, 6) is -2.50. The van der Waals surface area contributed by atoms with Gasteiger partial charge >= 0.3 is 11.9 Å². The molecule has 0 fully saturated rings. The van der Waals surface area contributed by atoms with Gasteiger partial charge in [-0.3, -0.25) is 9.59 Å². The number of aromatic nitrogens is 1. The minimum Gasteiger partial charge on any atom is -0.481 e. The third kappa shape index (κ3) is 4.40. The quantitative estimate of drug-likeness (QED) is 0.677. The van der Waals surface area contributed by atoms with Crippen LogP contribution in [0.5, 0.6) is 0 Å². The van der Waals surface area contributed by atoms with Gasteiger partial charge in [-0.25, -0.2) is 0 Å². The van der Waals surface area contributed by atoms with E-state index in [4.69, 9.17) is 15.9 Å². The van der Waals surface area contributed by atoms with Crippen LogP contribution in [-0.2, 0) is 16.0 Å². The Kier molecular flexibility index (Phi) is 5.74. The Hall–Kier alpha value is -2.34. The van der Waals surface area contributed by atoms with Gasteiger partial charge in [-0.2, -0.15) is 0 Å². The van der Waals surface area contributed by atoms with Crippen molar-refractivity contribution in [3.63, 3.8) is 0 Å². The number of para-hydroxylation sites is 1. The summed E-state index contributed by atoms with van der Waals surface area (Å²) >= 11 is 0. The summed E-state index contributed by atoms with van der Waals surface area (Å²) in [6.45, 7) is 2.18. The molecule has 0 saturated heterocycles. The van der Waals surface area contributed by atoms with Crippen molar-refractivity contribution in [2.45, 2.75) is 25.8 Å². The lowest BCUT2D eigenvalue weighted by Crippen LogP contribution is -2.32. The summed E-state index contributed by atoms with van der Waals surface area (Å²) in [4.78, 5) is 22.9. The molecule has 0 amide bonds. The molecule has 6 heteroatoms. The van der Waals surface area contributed by atoms with Crippen LogP contribution in [0.3, 0.4) is 0 Å². The molecular weight excluding hydrogens is 260 g/mol. The van der Waals surface area contributed by atoms with E-state index < -0.39 is 24.4 Å². The number of fused-ring (bicyclic) bond motifs is 1. The summed E-state index contributed by atoms with van der Waals surface area (Å²) in [5.41, 5.74) is 7.48. The molecule has 1 heterocycles. The first-order valence-electron chi connectivity index (χ1n) is 6.20. The highest BCUT2D eigenvalue weighted by Gasteiger charge is 2.14. The number of carbonyl (C=O) groups is 2. The standard InChI is InChI=1S/C10H11N.C4H7NO4/c1-2-8-7-11-10-6-4-3-5-9(8)10;5-2(4(8)9)1-3(6)7/h3-7,11H,2H2,1H3;2H,1,5H2,(H,6,7)(H,8,9). The van der Waals surface area contributed by atoms with E-state index in [0.717, 1.165) is 6.42 Å². The first-order valence-corrected chi connectivity index (χ1v) is 6.20. The molecule has 2 rings (SSSR count). The lowest BCUT2D eigenvalue weighted by atomic mass is 10.1. The number of hydrogen-bond donors (Lipinski definition) is 4. The monoisotopic (exact) mass is 278 g/mol. The predicted octanol–water partition coefficient (Wildman–Crippen LogP) is 1.60. The van der Waals surface area contributed by atoms with E-state index in [1.807, 2.05) is 0 Å². The molecule has 2 aromatic rings. The van der Waals surface area contributed by atoms with Crippen molar-refractivity contribution in [3.8, 4) is 0 Å². The van der Waals surface area contributed by atoms with Crippen LogP contribution in [0, 0.1) is 0 Å². The molecule has 0 aliphatic heterocycles. The molecule has 0 saturated carbocycles. The molecule has 5 N–H and O–H groups in total. The van der Waals surface area contributed by atoms with Gasteiger partial charge in [0.1, 0.15) is 6.04 Å². The van der Waals surface area contributed by atoms with Gasteiger partial charge < -0.3 is 20.9 Å². The van der Waals surface area contributed by atoms with Crippen LogP contribution in [-0.4, -0.2) is 33.2 Å². The zero-order valence-corrected chi connectivity index (χ0v) is 11.2. The van der Waals surface area contributed by atoms with Crippen LogP contribution in [0.25, 0.3) is 10.9 Å². The van der Waals surface area contributed by atoms with Crippen molar-refractivity contribution in [2.75, 3.05) is 0 Å². The molecule has 0 radical (unpaired) electrons. The fraction of sp³-hybridized carbons (Fsp3) is 0.286. The largest absolute Gasteiger partial charge is 0.481 e. The number of H-pyrrole nitrogens is 1. The van der Waals surface area contributed by atoms with Crippen molar-refractivity contribution in [1.82, 2.24) is 4.98 Å². The number of nitrogens with two attached hydrogens (primary N) is 1. The number of aryl methyl sites for hydroxylation is 1. The maximum Gasteiger partial charge on any atom is 0.321 e. The molecule has 1 atom stereocenters. The average molecular weight is 278 g/mol. The zero-order chi connectivity index (χ0) is 15.1. The zero-order valence-electron chi connectivity index (χ0n) is 11.2. The Morgan fingerprint density at radius 2 is 1.95 bits per heavy atom. The van der Waals surface area contributed by atoms with Crippen LogP contribution in [0.1, 0.15) is 18.9 Å². The second-order valence-electron chi connectivity index (χ2n) is 4.26. The first kappa shape index (κ1) is 15.7. The summed E-state index contributed by atoms with van der Waals surface area (Å²) in [6, 6.07) is 7.11. The van der Waals surface area contributed by atoms with E-state index in [9.17, 15) is 9.59 Å². The van der Waals surface area contributed by atoms with Crippen molar-refractivity contribution in [1.29, 1.82) is 0 Å². The maximum atomic E-state index is 9.85. The predicted molar refractivity (Wildman–Crippen MR) is 75.5 cm³/mol. The highest BCUT2D eigenvalue weighted by atomic mass is 16.4. The molecule has 20 heavy (non-hydrogen) atoms. The third-order valence-corrected chi connectivity index (χ3v) is 2.77. The van der Waals surface area contributed by atoms with E-state index >= 15 is 0 Å². The molecule has 1 unspecified atom stereocenters. The Morgan fingerprint density at radius 1 is 1.30 bits per heavy atom. The van der Waals surface area contributed by atoms with E-state index in [1.165, 1.54) is 16.5 Å². The van der Waals surface area contributed by atoms with Gasteiger partial charge in [0.05, 0.1) is 6.42 Å². The Labute approximate surface area is 116 Å². The fourth-order valence-electron chi connectivity index (χ4n) is 1.70. The second kappa shape index (κ2) is 7.30. The molecule has 0 spiro atoms. The molecule has 1 aromatic heterocycles. The second-order valence-corrected chi connectivity index (χ2v) is 4.26. The van der Waals surface area contributed by atoms with Crippen LogP contribution in [0.15, 0.2) is 30.5 Å². The molecule has 108 valence electrons. The summed E-state index contributed by atoms with van der Waals surface area (Å²) in [6.07, 6.45) is 2.66. The smallest absolute Gasteiger partial charge is 0.321 e. The van der Waals surface area contributed by atoms with E-state index in [2.05, 4.69) is 42.4 Å². The number of hydrogen-bond acceptors (Lipinski definition) is 3. The Balaban J connectivity index is 0.000000206. The number of nitrogens with one attached hydrogen (secondary N) is 1. The van der Waals surface area contributed by atoms with Gasteiger partial charge in [0.2, 0.25) is 0 Å². The van der Waals surface area contributed by atoms with Gasteiger partial charge in [0.15, 0.2) is 0 Å². The SMILES string of the molecule is CCc1c[nH]c2ccccc12.NC(CC(=O)O)C(=O)O. The van der Waals surface area contributed by atoms with Crippen LogP contribution in [0.4, 0.5) is 0 Å². The number of rotatable bonds is 4. The highest BCUT2D eigenvalue weighted by Crippen LogP contribution is 2.17. The van der Waals surface area contributed by atoms with Crippen LogP contribution in [0.2, 0.25) is 0 Å². The normalized spacial score (nSPS) is 11.5. The van der Waals surface area contributed by atoms with Gasteiger partial charge in [-0.1, -0.05) is 25.1 Å². The third-order valence-electron chi connectivity index (χ3n) is 2.77. The summed E-state index contributed by atoms with van der Waals surface area (Å²) in [7, 11) is 0. The molecule has 1 aromatic carbocycles. The number of aromatic amines is 1.